The van der Waals surface area contributed by atoms with Crippen LogP contribution < -0.4 is 10.6 Å². The predicted octanol–water partition coefficient (Wildman–Crippen LogP) is 2.76. The number of hydrogen-bond donors (Lipinski definition) is 2. The molecule has 3 atom stereocenters. The molecule has 0 spiro atoms. The summed E-state index contributed by atoms with van der Waals surface area (Å²) in [6.07, 6.45) is 4.83. The lowest BCUT2D eigenvalue weighted by molar-refractivity contribution is -0.121. The number of carbonyl (C=O) groups excluding carboxylic acids is 1. The predicted molar refractivity (Wildman–Crippen MR) is 84.3 cm³/mol. The number of carbonyl (C=O) groups is 1. The second-order valence-electron chi connectivity index (χ2n) is 5.26. The van der Waals surface area contributed by atoms with E-state index < -0.39 is 0 Å². The van der Waals surface area contributed by atoms with Crippen LogP contribution in [0.2, 0.25) is 0 Å². The van der Waals surface area contributed by atoms with Gasteiger partial charge in [-0.25, -0.2) is 0 Å². The number of nitrogens with one attached hydrogen (secondary N) is 2. The van der Waals surface area contributed by atoms with E-state index in [1.807, 2.05) is 14.0 Å². The maximum Gasteiger partial charge on any atom is 0.233 e. The molecule has 5 nitrogen and oxygen atoms in total. The van der Waals surface area contributed by atoms with Crippen LogP contribution in [0.1, 0.15) is 39.5 Å². The van der Waals surface area contributed by atoms with Crippen molar-refractivity contribution in [2.24, 2.45) is 5.92 Å². The minimum absolute atomic E-state index is 0.106. The fraction of sp³-hybridized carbons (Fsp3) is 0.769. The first-order valence-corrected chi connectivity index (χ1v) is 8.78. The Morgan fingerprint density at radius 2 is 2.15 bits per heavy atom. The van der Waals surface area contributed by atoms with E-state index in [9.17, 15) is 4.79 Å². The van der Waals surface area contributed by atoms with E-state index in [-0.39, 0.29) is 11.2 Å². The number of hydrogen-bond acceptors (Lipinski definition) is 6. The Morgan fingerprint density at radius 1 is 1.40 bits per heavy atom. The summed E-state index contributed by atoms with van der Waals surface area (Å²) in [5, 5.41) is 14.8. The van der Waals surface area contributed by atoms with Crippen LogP contribution in [0.25, 0.3) is 0 Å². The zero-order valence-electron chi connectivity index (χ0n) is 12.2. The molecule has 1 heterocycles. The van der Waals surface area contributed by atoms with Crippen molar-refractivity contribution in [1.82, 2.24) is 15.5 Å². The third-order valence-electron chi connectivity index (χ3n) is 3.71. The Kier molecular flexibility index (Phi) is 5.65. The molecule has 1 aliphatic carbocycles. The van der Waals surface area contributed by atoms with Crippen LogP contribution in [0.15, 0.2) is 4.34 Å². The van der Waals surface area contributed by atoms with Gasteiger partial charge < -0.3 is 10.6 Å². The Hall–Kier alpha value is -0.820. The lowest BCUT2D eigenvalue weighted by Crippen LogP contribution is -2.44. The Labute approximate surface area is 128 Å². The van der Waals surface area contributed by atoms with Crippen LogP contribution in [-0.4, -0.2) is 34.4 Å². The number of rotatable bonds is 5. The number of aromatic nitrogens is 2. The molecule has 0 aliphatic heterocycles. The molecule has 7 heteroatoms. The molecule has 2 rings (SSSR count). The van der Waals surface area contributed by atoms with Gasteiger partial charge in [-0.05, 0) is 25.7 Å². The van der Waals surface area contributed by atoms with Crippen LogP contribution in [0.3, 0.4) is 0 Å². The van der Waals surface area contributed by atoms with E-state index in [0.29, 0.717) is 12.0 Å². The minimum Gasteiger partial charge on any atom is -0.363 e. The normalized spacial score (nSPS) is 24.1. The highest BCUT2D eigenvalue weighted by atomic mass is 32.2. The fourth-order valence-corrected chi connectivity index (χ4v) is 4.25. The maximum atomic E-state index is 12.2. The number of amides is 1. The molecule has 1 aliphatic rings. The Balaban J connectivity index is 1.85. The number of thioether (sulfide) groups is 1. The quantitative estimate of drug-likeness (QED) is 0.818. The monoisotopic (exact) mass is 314 g/mol. The van der Waals surface area contributed by atoms with Gasteiger partial charge in [-0.1, -0.05) is 42.9 Å². The zero-order valence-corrected chi connectivity index (χ0v) is 13.8. The van der Waals surface area contributed by atoms with Gasteiger partial charge in [-0.15, -0.1) is 10.2 Å². The summed E-state index contributed by atoms with van der Waals surface area (Å²) in [4.78, 5) is 12.2. The Bertz CT molecular complexity index is 451. The second-order valence-corrected chi connectivity index (χ2v) is 7.83. The average Bonchev–Trinajstić information content (AvgIpc) is 2.89. The van der Waals surface area contributed by atoms with Gasteiger partial charge in [0.05, 0.1) is 5.25 Å². The van der Waals surface area contributed by atoms with E-state index >= 15 is 0 Å². The fourth-order valence-electron chi connectivity index (χ4n) is 2.39. The van der Waals surface area contributed by atoms with Gasteiger partial charge in [0.25, 0.3) is 0 Å². The molecule has 2 N–H and O–H groups in total. The molecule has 20 heavy (non-hydrogen) atoms. The lowest BCUT2D eigenvalue weighted by Gasteiger charge is -2.30. The summed E-state index contributed by atoms with van der Waals surface area (Å²) in [6, 6.07) is 0.335. The SMILES string of the molecule is CNc1nnc(S[C@H](C)C(=O)N[C@H]2CCCC[C@@H]2C)s1. The van der Waals surface area contributed by atoms with Crippen molar-refractivity contribution in [2.75, 3.05) is 12.4 Å². The van der Waals surface area contributed by atoms with Crippen LogP contribution in [0.4, 0.5) is 5.13 Å². The van der Waals surface area contributed by atoms with Crippen molar-refractivity contribution in [2.45, 2.75) is 55.2 Å². The van der Waals surface area contributed by atoms with Crippen molar-refractivity contribution in [1.29, 1.82) is 0 Å². The van der Waals surface area contributed by atoms with E-state index in [2.05, 4.69) is 27.8 Å². The topological polar surface area (TPSA) is 66.9 Å². The van der Waals surface area contributed by atoms with E-state index in [1.54, 1.807) is 0 Å². The lowest BCUT2D eigenvalue weighted by atomic mass is 9.86. The van der Waals surface area contributed by atoms with Crippen molar-refractivity contribution in [3.05, 3.63) is 0 Å². The van der Waals surface area contributed by atoms with Gasteiger partial charge >= 0.3 is 0 Å². The molecule has 1 amide bonds. The molecule has 1 fully saturated rings. The smallest absolute Gasteiger partial charge is 0.233 e. The molecule has 1 aromatic heterocycles. The highest BCUT2D eigenvalue weighted by molar-refractivity contribution is 8.02. The summed E-state index contributed by atoms with van der Waals surface area (Å²) in [7, 11) is 1.82. The number of anilines is 1. The van der Waals surface area contributed by atoms with Crippen molar-refractivity contribution in [3.63, 3.8) is 0 Å². The Morgan fingerprint density at radius 3 is 2.80 bits per heavy atom. The molecular weight excluding hydrogens is 292 g/mol. The molecule has 1 saturated carbocycles. The average molecular weight is 314 g/mol. The van der Waals surface area contributed by atoms with Crippen LogP contribution in [-0.2, 0) is 4.79 Å². The first kappa shape index (κ1) is 15.6. The van der Waals surface area contributed by atoms with Crippen LogP contribution in [0.5, 0.6) is 0 Å². The molecular formula is C13H22N4OS2. The summed E-state index contributed by atoms with van der Waals surface area (Å²) in [5.41, 5.74) is 0. The molecule has 112 valence electrons. The first-order valence-electron chi connectivity index (χ1n) is 7.08. The standard InChI is InChI=1S/C13H22N4OS2/c1-8-6-4-5-7-10(8)15-11(18)9(2)19-13-17-16-12(14-3)20-13/h8-10H,4-7H2,1-3H3,(H,14,16)(H,15,18)/t8-,9+,10-/m0/s1. The van der Waals surface area contributed by atoms with Crippen LogP contribution in [0, 0.1) is 5.92 Å². The van der Waals surface area contributed by atoms with Gasteiger partial charge in [-0.2, -0.15) is 0 Å². The first-order chi connectivity index (χ1) is 9.60. The van der Waals surface area contributed by atoms with Crippen molar-refractivity contribution in [3.8, 4) is 0 Å². The highest BCUT2D eigenvalue weighted by Gasteiger charge is 2.25. The van der Waals surface area contributed by atoms with Gasteiger partial charge in [0.1, 0.15) is 0 Å². The molecule has 0 saturated heterocycles. The van der Waals surface area contributed by atoms with E-state index in [1.165, 1.54) is 42.4 Å². The molecule has 0 bridgehead atoms. The van der Waals surface area contributed by atoms with Gasteiger partial charge in [0.15, 0.2) is 4.34 Å². The van der Waals surface area contributed by atoms with E-state index in [0.717, 1.165) is 15.9 Å². The van der Waals surface area contributed by atoms with Crippen LogP contribution >= 0.6 is 23.1 Å². The van der Waals surface area contributed by atoms with Gasteiger partial charge in [0.2, 0.25) is 11.0 Å². The highest BCUT2D eigenvalue weighted by Crippen LogP contribution is 2.29. The molecule has 0 aromatic carbocycles. The summed E-state index contributed by atoms with van der Waals surface area (Å²) < 4.78 is 0.827. The molecule has 0 radical (unpaired) electrons. The summed E-state index contributed by atoms with van der Waals surface area (Å²) in [6.45, 7) is 4.15. The maximum absolute atomic E-state index is 12.2. The van der Waals surface area contributed by atoms with E-state index in [4.69, 9.17) is 0 Å². The van der Waals surface area contributed by atoms with Gasteiger partial charge in [-0.3, -0.25) is 4.79 Å². The third-order valence-corrected chi connectivity index (χ3v) is 5.83. The van der Waals surface area contributed by atoms with Crippen molar-refractivity contribution < 1.29 is 4.79 Å². The number of nitrogens with zero attached hydrogens (tertiary/aromatic N) is 2. The summed E-state index contributed by atoms with van der Waals surface area (Å²) >= 11 is 2.95. The third kappa shape index (κ3) is 4.09. The largest absolute Gasteiger partial charge is 0.363 e. The molecule has 0 unspecified atom stereocenters. The van der Waals surface area contributed by atoms with Crippen molar-refractivity contribution >= 4 is 34.1 Å². The minimum atomic E-state index is -0.137. The summed E-state index contributed by atoms with van der Waals surface area (Å²) in [5.74, 6) is 0.692. The second kappa shape index (κ2) is 7.26. The van der Waals surface area contributed by atoms with Gasteiger partial charge in [0, 0.05) is 13.1 Å². The molecule has 1 aromatic rings. The zero-order chi connectivity index (χ0) is 14.5.